The maximum Gasteiger partial charge on any atom is 0.186 e. The smallest absolute Gasteiger partial charge is 0.186 e. The molecule has 6 nitrogen and oxygen atoms in total. The third-order valence-electron chi connectivity index (χ3n) is 7.30. The molecule has 0 bridgehead atoms. The van der Waals surface area contributed by atoms with Crippen LogP contribution in [0.2, 0.25) is 0 Å². The van der Waals surface area contributed by atoms with Gasteiger partial charge in [0.25, 0.3) is 0 Å². The van der Waals surface area contributed by atoms with Gasteiger partial charge in [0.1, 0.15) is 5.82 Å². The van der Waals surface area contributed by atoms with E-state index in [1.165, 1.54) is 10.4 Å². The third kappa shape index (κ3) is 4.39. The molecular formula is C29H31N5OS. The fraction of sp³-hybridized carbons (Fsp3) is 0.310. The highest BCUT2D eigenvalue weighted by atomic mass is 32.1. The summed E-state index contributed by atoms with van der Waals surface area (Å²) >= 11 is 1.76. The van der Waals surface area contributed by atoms with Gasteiger partial charge in [0.2, 0.25) is 0 Å². The van der Waals surface area contributed by atoms with Gasteiger partial charge >= 0.3 is 0 Å². The van der Waals surface area contributed by atoms with E-state index in [4.69, 9.17) is 10.7 Å². The van der Waals surface area contributed by atoms with Crippen LogP contribution in [0.15, 0.2) is 79.0 Å². The first-order chi connectivity index (χ1) is 17.4. The number of aromatic nitrogens is 2. The van der Waals surface area contributed by atoms with Gasteiger partial charge in [-0.1, -0.05) is 72.0 Å². The minimum Gasteiger partial charge on any atom is -0.390 e. The van der Waals surface area contributed by atoms with Gasteiger partial charge in [-0.15, -0.1) is 0 Å². The van der Waals surface area contributed by atoms with E-state index in [-0.39, 0.29) is 0 Å². The average molecular weight is 498 g/mol. The van der Waals surface area contributed by atoms with Gasteiger partial charge in [-0.25, -0.2) is 9.97 Å². The fourth-order valence-electron chi connectivity index (χ4n) is 5.56. The van der Waals surface area contributed by atoms with E-state index in [0.29, 0.717) is 12.8 Å². The van der Waals surface area contributed by atoms with Crippen LogP contribution in [0.3, 0.4) is 0 Å². The number of pyridine rings is 1. The minimum absolute atomic E-state index is 0.454. The van der Waals surface area contributed by atoms with E-state index < -0.39 is 11.1 Å². The lowest BCUT2D eigenvalue weighted by Crippen LogP contribution is -2.58. The summed E-state index contributed by atoms with van der Waals surface area (Å²) in [4.78, 5) is 15.6. The number of aliphatic hydroxyl groups is 1. The van der Waals surface area contributed by atoms with Crippen LogP contribution in [-0.2, 0) is 5.54 Å². The first-order valence-corrected chi connectivity index (χ1v) is 13.3. The molecule has 2 fully saturated rings. The van der Waals surface area contributed by atoms with Crippen molar-refractivity contribution in [3.8, 4) is 21.7 Å². The van der Waals surface area contributed by atoms with Crippen LogP contribution in [-0.4, -0.2) is 46.9 Å². The normalized spacial score (nSPS) is 24.0. The second-order valence-electron chi connectivity index (χ2n) is 10.3. The second-order valence-corrected chi connectivity index (χ2v) is 11.3. The van der Waals surface area contributed by atoms with E-state index in [1.807, 2.05) is 31.3 Å². The zero-order valence-electron chi connectivity index (χ0n) is 20.5. The molecule has 0 spiro atoms. The fourth-order valence-corrected chi connectivity index (χ4v) is 6.71. The van der Waals surface area contributed by atoms with Crippen molar-refractivity contribution in [3.63, 3.8) is 0 Å². The molecule has 1 saturated carbocycles. The van der Waals surface area contributed by atoms with Gasteiger partial charge in [0.05, 0.1) is 16.2 Å². The van der Waals surface area contributed by atoms with Gasteiger partial charge in [0.15, 0.2) is 5.13 Å². The number of hydrogen-bond acceptors (Lipinski definition) is 7. The van der Waals surface area contributed by atoms with Crippen molar-refractivity contribution in [2.45, 2.75) is 30.9 Å². The number of piperazine rings is 1. The van der Waals surface area contributed by atoms with E-state index in [9.17, 15) is 5.11 Å². The first-order valence-electron chi connectivity index (χ1n) is 12.5. The van der Waals surface area contributed by atoms with Crippen LogP contribution in [0.5, 0.6) is 0 Å². The average Bonchev–Trinajstić information content (AvgIpc) is 3.34. The lowest BCUT2D eigenvalue weighted by atomic mass is 9.63. The van der Waals surface area contributed by atoms with Crippen LogP contribution >= 0.6 is 11.3 Å². The summed E-state index contributed by atoms with van der Waals surface area (Å²) in [5.41, 5.74) is 9.79. The van der Waals surface area contributed by atoms with Crippen molar-refractivity contribution in [1.29, 1.82) is 0 Å². The van der Waals surface area contributed by atoms with Gasteiger partial charge in [0, 0.05) is 43.5 Å². The Morgan fingerprint density at radius 1 is 0.833 bits per heavy atom. The predicted molar refractivity (Wildman–Crippen MR) is 147 cm³/mol. The van der Waals surface area contributed by atoms with Crippen molar-refractivity contribution < 1.29 is 5.11 Å². The Morgan fingerprint density at radius 3 is 2.14 bits per heavy atom. The molecule has 4 aromatic rings. The quantitative estimate of drug-likeness (QED) is 0.408. The largest absolute Gasteiger partial charge is 0.390 e. The first kappa shape index (κ1) is 23.2. The minimum atomic E-state index is -0.668. The van der Waals surface area contributed by atoms with Crippen molar-refractivity contribution in [1.82, 2.24) is 9.97 Å². The number of anilines is 2. The monoisotopic (exact) mass is 497 g/mol. The van der Waals surface area contributed by atoms with E-state index in [2.05, 4.69) is 69.4 Å². The predicted octanol–water partition coefficient (Wildman–Crippen LogP) is 4.90. The number of rotatable bonds is 5. The van der Waals surface area contributed by atoms with Crippen LogP contribution < -0.4 is 15.5 Å². The lowest BCUT2D eigenvalue weighted by molar-refractivity contribution is -0.0738. The van der Waals surface area contributed by atoms with Crippen LogP contribution in [0.4, 0.5) is 10.9 Å². The molecule has 3 heterocycles. The number of benzene rings is 2. The summed E-state index contributed by atoms with van der Waals surface area (Å²) < 4.78 is 0. The zero-order chi connectivity index (χ0) is 24.8. The summed E-state index contributed by atoms with van der Waals surface area (Å²) in [5, 5.41) is 11.3. The molecule has 36 heavy (non-hydrogen) atoms. The van der Waals surface area contributed by atoms with Crippen molar-refractivity contribution in [2.24, 2.45) is 5.73 Å². The Balaban J connectivity index is 1.28. The molecule has 1 saturated heterocycles. The number of nitrogens with zero attached hydrogens (tertiary/aromatic N) is 4. The maximum absolute atomic E-state index is 10.2. The van der Waals surface area contributed by atoms with Crippen molar-refractivity contribution >= 4 is 22.3 Å². The Hall–Kier alpha value is -3.26. The Morgan fingerprint density at radius 2 is 1.50 bits per heavy atom. The summed E-state index contributed by atoms with van der Waals surface area (Å²) in [6, 6.07) is 25.0. The SMILES string of the molecule is C[C@]1(O)C[C@@](N)(c2ccc(-c3nc(N4CCN(c5ccccn5)CC4)sc3-c3ccccc3)cc2)C1. The topological polar surface area (TPSA) is 78.5 Å². The Bertz CT molecular complexity index is 1320. The molecule has 6 rings (SSSR count). The van der Waals surface area contributed by atoms with Gasteiger partial charge < -0.3 is 20.6 Å². The maximum atomic E-state index is 10.2. The van der Waals surface area contributed by atoms with E-state index in [0.717, 1.165) is 53.9 Å². The van der Waals surface area contributed by atoms with E-state index >= 15 is 0 Å². The van der Waals surface area contributed by atoms with Crippen LogP contribution in [0, 0.1) is 0 Å². The van der Waals surface area contributed by atoms with Gasteiger partial charge in [-0.2, -0.15) is 0 Å². The van der Waals surface area contributed by atoms with Crippen molar-refractivity contribution in [3.05, 3.63) is 84.6 Å². The van der Waals surface area contributed by atoms with Crippen molar-refractivity contribution in [2.75, 3.05) is 36.0 Å². The molecule has 0 atom stereocenters. The summed E-state index contributed by atoms with van der Waals surface area (Å²) in [6.07, 6.45) is 3.02. The van der Waals surface area contributed by atoms with Crippen LogP contribution in [0.25, 0.3) is 21.7 Å². The lowest BCUT2D eigenvalue weighted by Gasteiger charge is -2.49. The molecule has 2 aromatic heterocycles. The number of nitrogens with two attached hydrogens (primary N) is 1. The molecule has 0 unspecified atom stereocenters. The molecule has 1 aliphatic carbocycles. The molecule has 1 aliphatic heterocycles. The second kappa shape index (κ2) is 9.00. The Kier molecular flexibility index (Phi) is 5.79. The molecule has 2 aromatic carbocycles. The standard InChI is InChI=1S/C29H31N5OS/c1-28(35)19-29(30,20-28)23-12-10-21(11-13-23)25-26(22-7-3-2-4-8-22)36-27(32-25)34-17-15-33(16-18-34)24-9-5-6-14-31-24/h2-14,35H,15-20,30H2,1H3/t28-,29-. The zero-order valence-corrected chi connectivity index (χ0v) is 21.3. The summed E-state index contributed by atoms with van der Waals surface area (Å²) in [7, 11) is 0. The van der Waals surface area contributed by atoms with E-state index in [1.54, 1.807) is 11.3 Å². The highest BCUT2D eigenvalue weighted by Gasteiger charge is 2.49. The van der Waals surface area contributed by atoms with Crippen LogP contribution in [0.1, 0.15) is 25.3 Å². The molecule has 0 radical (unpaired) electrons. The highest BCUT2D eigenvalue weighted by molar-refractivity contribution is 7.19. The summed E-state index contributed by atoms with van der Waals surface area (Å²) in [5.74, 6) is 1.03. The summed E-state index contributed by atoms with van der Waals surface area (Å²) in [6.45, 7) is 5.51. The molecule has 2 aliphatic rings. The van der Waals surface area contributed by atoms with Gasteiger partial charge in [-0.3, -0.25) is 0 Å². The Labute approximate surface area is 216 Å². The molecule has 0 amide bonds. The molecule has 7 heteroatoms. The molecule has 3 N–H and O–H groups in total. The number of thiazole rings is 1. The molecule has 184 valence electrons. The highest BCUT2D eigenvalue weighted by Crippen LogP contribution is 2.47. The molecular weight excluding hydrogens is 466 g/mol. The van der Waals surface area contributed by atoms with Gasteiger partial charge in [-0.05, 0) is 43.0 Å². The number of hydrogen-bond donors (Lipinski definition) is 2. The third-order valence-corrected chi connectivity index (χ3v) is 8.47.